The van der Waals surface area contributed by atoms with Crippen LogP contribution in [0.15, 0.2) is 16.6 Å². The first kappa shape index (κ1) is 33.3. The molecule has 1 aromatic heterocycles. The van der Waals surface area contributed by atoms with Crippen molar-refractivity contribution in [2.24, 2.45) is 16.5 Å². The number of aromatic nitrogens is 1. The van der Waals surface area contributed by atoms with Crippen LogP contribution in [-0.2, 0) is 47.8 Å². The van der Waals surface area contributed by atoms with Gasteiger partial charge < -0.3 is 18.5 Å². The predicted octanol–water partition coefficient (Wildman–Crippen LogP) is 3.20. The summed E-state index contributed by atoms with van der Waals surface area (Å²) in [7, 11) is -5.05. The third kappa shape index (κ3) is 6.86. The molecule has 0 aromatic carbocycles. The van der Waals surface area contributed by atoms with Crippen LogP contribution in [0, 0.1) is 18.3 Å². The quantitative estimate of drug-likeness (QED) is 0.0688. The molecule has 0 aliphatic carbocycles. The molecule has 0 N–H and O–H groups in total. The molecular weight excluding hydrogens is 635 g/mol. The highest BCUT2D eigenvalue weighted by atomic mass is 35.5. The third-order valence-corrected chi connectivity index (χ3v) is 8.13. The van der Waals surface area contributed by atoms with E-state index in [1.54, 1.807) is 6.92 Å². The number of allylic oxidation sites excluding steroid dienone is 1. The number of rotatable bonds is 10. The lowest BCUT2D eigenvalue weighted by molar-refractivity contribution is -0.175. The van der Waals surface area contributed by atoms with Crippen LogP contribution in [0.1, 0.15) is 50.7 Å². The van der Waals surface area contributed by atoms with Crippen LogP contribution in [0.3, 0.4) is 0 Å². The van der Waals surface area contributed by atoms with E-state index < -0.39 is 87.7 Å². The predicted molar refractivity (Wildman–Crippen MR) is 138 cm³/mol. The van der Waals surface area contributed by atoms with E-state index in [4.69, 9.17) is 25.9 Å². The maximum atomic E-state index is 13.2. The van der Waals surface area contributed by atoms with Crippen LogP contribution in [0.25, 0.3) is 0 Å². The topological polar surface area (TPSA) is 168 Å². The Labute approximate surface area is 246 Å². The summed E-state index contributed by atoms with van der Waals surface area (Å²) in [5.74, 6) is -5.97. The monoisotopic (exact) mass is 659 g/mol. The molecule has 3 heterocycles. The van der Waals surface area contributed by atoms with Gasteiger partial charge in [-0.2, -0.15) is 21.6 Å². The summed E-state index contributed by atoms with van der Waals surface area (Å²) in [6.45, 7) is 5.17. The second-order valence-corrected chi connectivity index (χ2v) is 13.4. The fraction of sp³-hybridized carbons (Fsp3) is 0.565. The zero-order chi connectivity index (χ0) is 31.8. The normalized spacial score (nSPS) is 19.6. The molecule has 1 saturated heterocycles. The molecule has 2 atom stereocenters. The second-order valence-electron chi connectivity index (χ2n) is 10.0. The van der Waals surface area contributed by atoms with Crippen LogP contribution >= 0.6 is 22.9 Å². The lowest BCUT2D eigenvalue weighted by atomic mass is 9.77. The minimum atomic E-state index is -6.23. The number of fused-ring (bicyclic) bond motifs is 1. The largest absolute Gasteiger partial charge is 0.534 e. The standard InChI is InChI=1S/C23H25ClF3N3O10S2/c1-10-28-16(18(24)41-10)15(29-37-5)13(31)8-11-12-6-7-14(40-42(35,36)23(25,26)27)17(30(12)19(11)32)20(33)38-9-39-21(34)22(2,3)4/h11-12H,6-9H2,1-5H3/b29-15-/t11-,12+/m0/s1. The molecule has 3 rings (SSSR count). The van der Waals surface area contributed by atoms with Crippen molar-refractivity contribution in [2.45, 2.75) is 58.5 Å². The molecule has 232 valence electrons. The average molecular weight is 660 g/mol. The third-order valence-electron chi connectivity index (χ3n) is 5.97. The molecule has 2 aliphatic heterocycles. The van der Waals surface area contributed by atoms with E-state index in [0.29, 0.717) is 9.91 Å². The first-order valence-corrected chi connectivity index (χ1v) is 14.6. The van der Waals surface area contributed by atoms with Gasteiger partial charge in [0.1, 0.15) is 17.1 Å². The number of carbonyl (C=O) groups excluding carboxylic acids is 4. The van der Waals surface area contributed by atoms with Gasteiger partial charge in [-0.25, -0.2) is 9.78 Å². The number of carbonyl (C=O) groups is 4. The number of aryl methyl sites for hydroxylation is 1. The lowest BCUT2D eigenvalue weighted by Gasteiger charge is -2.49. The number of ketones is 1. The number of thiazole rings is 1. The van der Waals surface area contributed by atoms with Crippen LogP contribution in [-0.4, -0.2) is 73.1 Å². The van der Waals surface area contributed by atoms with Crippen molar-refractivity contribution < 1.29 is 59.3 Å². The minimum Gasteiger partial charge on any atom is -0.427 e. The first-order valence-electron chi connectivity index (χ1n) is 12.0. The zero-order valence-electron chi connectivity index (χ0n) is 22.7. The van der Waals surface area contributed by atoms with Crippen molar-refractivity contribution in [1.29, 1.82) is 0 Å². The van der Waals surface area contributed by atoms with Crippen LogP contribution in [0.4, 0.5) is 13.2 Å². The van der Waals surface area contributed by atoms with E-state index in [9.17, 15) is 40.8 Å². The molecule has 0 spiro atoms. The van der Waals surface area contributed by atoms with Gasteiger partial charge in [-0.3, -0.25) is 19.3 Å². The number of β-lactam (4-membered cyclic amide) rings is 1. The molecule has 0 bridgehead atoms. The van der Waals surface area contributed by atoms with E-state index in [1.165, 1.54) is 27.9 Å². The Morgan fingerprint density at radius 1 is 1.19 bits per heavy atom. The number of hydrogen-bond donors (Lipinski definition) is 0. The summed E-state index contributed by atoms with van der Waals surface area (Å²) < 4.78 is 76.5. The number of Topliss-reactive ketones (excluding diaryl/α,β-unsaturated/α-hetero) is 1. The maximum absolute atomic E-state index is 13.2. The Bertz CT molecular complexity index is 1460. The van der Waals surface area contributed by atoms with Crippen LogP contribution < -0.4 is 0 Å². The summed E-state index contributed by atoms with van der Waals surface area (Å²) in [6, 6.07) is -0.932. The summed E-state index contributed by atoms with van der Waals surface area (Å²) in [4.78, 5) is 60.7. The molecule has 2 aliphatic rings. The van der Waals surface area contributed by atoms with Gasteiger partial charge in [0.15, 0.2) is 23.0 Å². The van der Waals surface area contributed by atoms with Crippen molar-refractivity contribution in [3.63, 3.8) is 0 Å². The van der Waals surface area contributed by atoms with Gasteiger partial charge in [-0.15, -0.1) is 11.3 Å². The number of ether oxygens (including phenoxy) is 2. The second kappa shape index (κ2) is 12.2. The summed E-state index contributed by atoms with van der Waals surface area (Å²) in [5, 5.41) is 4.20. The van der Waals surface area contributed by atoms with E-state index in [-0.39, 0.29) is 22.2 Å². The summed E-state index contributed by atoms with van der Waals surface area (Å²) in [6.07, 6.45) is -1.19. The highest BCUT2D eigenvalue weighted by molar-refractivity contribution is 7.87. The van der Waals surface area contributed by atoms with E-state index in [1.807, 2.05) is 0 Å². The fourth-order valence-electron chi connectivity index (χ4n) is 4.02. The molecule has 0 saturated carbocycles. The van der Waals surface area contributed by atoms with Gasteiger partial charge in [0.25, 0.3) is 0 Å². The van der Waals surface area contributed by atoms with Gasteiger partial charge in [0.05, 0.1) is 16.3 Å². The SMILES string of the molecule is CO/N=C(/C(=O)C[C@@H]1C(=O)N2C(C(=O)OCOC(=O)C(C)(C)C)=C(OS(=O)(=O)C(F)(F)F)CC[C@H]12)c1nc(C)sc1Cl. The summed E-state index contributed by atoms with van der Waals surface area (Å²) in [5.41, 5.74) is -8.00. The molecule has 0 unspecified atom stereocenters. The number of oxime groups is 1. The van der Waals surface area contributed by atoms with Crippen molar-refractivity contribution in [2.75, 3.05) is 13.9 Å². The zero-order valence-corrected chi connectivity index (χ0v) is 25.1. The summed E-state index contributed by atoms with van der Waals surface area (Å²) >= 11 is 7.22. The molecular formula is C23H25ClF3N3O10S2. The van der Waals surface area contributed by atoms with E-state index in [0.717, 1.165) is 11.3 Å². The van der Waals surface area contributed by atoms with Crippen molar-refractivity contribution in [3.8, 4) is 0 Å². The minimum absolute atomic E-state index is 0.0281. The fourth-order valence-corrected chi connectivity index (χ4v) is 5.65. The molecule has 1 aromatic rings. The van der Waals surface area contributed by atoms with E-state index >= 15 is 0 Å². The van der Waals surface area contributed by atoms with Gasteiger partial charge in [0.2, 0.25) is 12.7 Å². The van der Waals surface area contributed by atoms with Gasteiger partial charge in [-0.1, -0.05) is 16.8 Å². The Morgan fingerprint density at radius 3 is 2.36 bits per heavy atom. The Balaban J connectivity index is 1.88. The number of nitrogens with zero attached hydrogens (tertiary/aromatic N) is 3. The van der Waals surface area contributed by atoms with Crippen LogP contribution in [0.5, 0.6) is 0 Å². The molecule has 1 fully saturated rings. The smallest absolute Gasteiger partial charge is 0.427 e. The molecule has 0 radical (unpaired) electrons. The van der Waals surface area contributed by atoms with E-state index in [2.05, 4.69) is 14.3 Å². The number of halogens is 4. The average Bonchev–Trinajstić information content (AvgIpc) is 3.20. The van der Waals surface area contributed by atoms with Crippen molar-refractivity contribution in [1.82, 2.24) is 9.88 Å². The van der Waals surface area contributed by atoms with Gasteiger partial charge >= 0.3 is 27.6 Å². The van der Waals surface area contributed by atoms with Crippen molar-refractivity contribution >= 4 is 62.4 Å². The molecule has 42 heavy (non-hydrogen) atoms. The Morgan fingerprint density at radius 2 is 1.83 bits per heavy atom. The molecule has 1 amide bonds. The Kier molecular flexibility index (Phi) is 9.63. The number of alkyl halides is 3. The Hall–Kier alpha value is -3.25. The first-order chi connectivity index (χ1) is 19.3. The van der Waals surface area contributed by atoms with Crippen LogP contribution in [0.2, 0.25) is 4.34 Å². The molecule has 19 heteroatoms. The van der Waals surface area contributed by atoms with Gasteiger partial charge in [0, 0.05) is 18.9 Å². The maximum Gasteiger partial charge on any atom is 0.534 e. The highest BCUT2D eigenvalue weighted by Crippen LogP contribution is 2.44. The lowest BCUT2D eigenvalue weighted by Crippen LogP contribution is -2.63. The highest BCUT2D eigenvalue weighted by Gasteiger charge is 2.56. The number of amides is 1. The van der Waals surface area contributed by atoms with Crippen molar-refractivity contribution in [3.05, 3.63) is 26.5 Å². The van der Waals surface area contributed by atoms with Gasteiger partial charge in [-0.05, 0) is 34.1 Å². The number of esters is 2. The number of hydrogen-bond acceptors (Lipinski definition) is 13. The molecule has 13 nitrogen and oxygen atoms in total.